The van der Waals surface area contributed by atoms with Crippen molar-refractivity contribution in [3.63, 3.8) is 0 Å². The van der Waals surface area contributed by atoms with Crippen molar-refractivity contribution in [1.82, 2.24) is 0 Å². The third-order valence-electron chi connectivity index (χ3n) is 2.82. The third kappa shape index (κ3) is 1.17. The first-order valence-corrected chi connectivity index (χ1v) is 4.86. The monoisotopic (exact) mass is 185 g/mol. The standard InChI is InChI=1S/C13H15N/c1-8-4-5-10(3)13-11(14)7-6-9(2)12(8)13/h4-7H,14H2,1-3H3. The highest BCUT2D eigenvalue weighted by molar-refractivity contribution is 5.99. The van der Waals surface area contributed by atoms with Gasteiger partial charge in [-0.3, -0.25) is 0 Å². The molecule has 2 aromatic carbocycles. The summed E-state index contributed by atoms with van der Waals surface area (Å²) in [7, 11) is 0. The number of nitrogen functional groups attached to an aromatic ring is 1. The Kier molecular flexibility index (Phi) is 1.95. The maximum absolute atomic E-state index is 5.99. The lowest BCUT2D eigenvalue weighted by atomic mass is 9.96. The summed E-state index contributed by atoms with van der Waals surface area (Å²) in [4.78, 5) is 0. The maximum Gasteiger partial charge on any atom is 0.0396 e. The number of hydrogen-bond donors (Lipinski definition) is 1. The third-order valence-corrected chi connectivity index (χ3v) is 2.82. The minimum absolute atomic E-state index is 0.881. The molecule has 0 bridgehead atoms. The Balaban J connectivity index is 3.05. The van der Waals surface area contributed by atoms with Gasteiger partial charge in [-0.1, -0.05) is 18.2 Å². The van der Waals surface area contributed by atoms with Gasteiger partial charge in [0.05, 0.1) is 0 Å². The van der Waals surface area contributed by atoms with Crippen LogP contribution in [-0.4, -0.2) is 0 Å². The molecule has 0 saturated heterocycles. The second kappa shape index (κ2) is 3.02. The molecule has 0 aliphatic heterocycles. The summed E-state index contributed by atoms with van der Waals surface area (Å²) in [6.45, 7) is 6.38. The summed E-state index contributed by atoms with van der Waals surface area (Å²) in [6, 6.07) is 8.37. The van der Waals surface area contributed by atoms with Crippen LogP contribution < -0.4 is 5.73 Å². The van der Waals surface area contributed by atoms with Gasteiger partial charge in [0.15, 0.2) is 0 Å². The van der Waals surface area contributed by atoms with Crippen LogP contribution in [0.2, 0.25) is 0 Å². The van der Waals surface area contributed by atoms with E-state index < -0.39 is 0 Å². The van der Waals surface area contributed by atoms with Gasteiger partial charge in [-0.2, -0.15) is 0 Å². The van der Waals surface area contributed by atoms with Gasteiger partial charge in [-0.05, 0) is 48.9 Å². The molecule has 0 aliphatic carbocycles. The van der Waals surface area contributed by atoms with Crippen LogP contribution in [0, 0.1) is 20.8 Å². The van der Waals surface area contributed by atoms with Gasteiger partial charge in [0.1, 0.15) is 0 Å². The molecule has 0 aliphatic rings. The van der Waals surface area contributed by atoms with Crippen molar-refractivity contribution in [3.8, 4) is 0 Å². The highest BCUT2D eigenvalue weighted by Crippen LogP contribution is 2.29. The van der Waals surface area contributed by atoms with E-state index in [2.05, 4.69) is 39.0 Å². The summed E-state index contributed by atoms with van der Waals surface area (Å²) in [5.74, 6) is 0. The van der Waals surface area contributed by atoms with Gasteiger partial charge >= 0.3 is 0 Å². The van der Waals surface area contributed by atoms with Gasteiger partial charge in [-0.25, -0.2) is 0 Å². The molecule has 1 heteroatoms. The van der Waals surface area contributed by atoms with Crippen molar-refractivity contribution < 1.29 is 0 Å². The SMILES string of the molecule is Cc1ccc(C)c2c(N)ccc(C)c12. The predicted octanol–water partition coefficient (Wildman–Crippen LogP) is 3.35. The number of aryl methyl sites for hydroxylation is 3. The van der Waals surface area contributed by atoms with Crippen LogP contribution in [0.5, 0.6) is 0 Å². The first-order valence-electron chi connectivity index (χ1n) is 4.86. The van der Waals surface area contributed by atoms with Crippen LogP contribution in [0.25, 0.3) is 10.8 Å². The Labute approximate surface area is 84.5 Å². The average molecular weight is 185 g/mol. The van der Waals surface area contributed by atoms with E-state index in [1.54, 1.807) is 0 Å². The molecule has 0 spiro atoms. The van der Waals surface area contributed by atoms with E-state index in [1.165, 1.54) is 27.5 Å². The minimum Gasteiger partial charge on any atom is -0.398 e. The molecule has 72 valence electrons. The number of fused-ring (bicyclic) bond motifs is 1. The fraction of sp³-hybridized carbons (Fsp3) is 0.231. The quantitative estimate of drug-likeness (QED) is 0.626. The molecule has 0 saturated carbocycles. The molecule has 0 unspecified atom stereocenters. The van der Waals surface area contributed by atoms with Crippen molar-refractivity contribution in [2.24, 2.45) is 0 Å². The van der Waals surface area contributed by atoms with Crippen molar-refractivity contribution >= 4 is 16.5 Å². The molecule has 0 amide bonds. The molecule has 0 aromatic heterocycles. The summed E-state index contributed by atoms with van der Waals surface area (Å²) >= 11 is 0. The van der Waals surface area contributed by atoms with E-state index >= 15 is 0 Å². The van der Waals surface area contributed by atoms with Crippen LogP contribution in [-0.2, 0) is 0 Å². The van der Waals surface area contributed by atoms with Gasteiger partial charge in [0, 0.05) is 11.1 Å². The van der Waals surface area contributed by atoms with Crippen molar-refractivity contribution in [3.05, 3.63) is 41.0 Å². The van der Waals surface area contributed by atoms with Crippen molar-refractivity contribution in [2.45, 2.75) is 20.8 Å². The highest BCUT2D eigenvalue weighted by atomic mass is 14.6. The topological polar surface area (TPSA) is 26.0 Å². The fourth-order valence-corrected chi connectivity index (χ4v) is 2.07. The lowest BCUT2D eigenvalue weighted by Crippen LogP contribution is -1.93. The van der Waals surface area contributed by atoms with Crippen LogP contribution in [0.15, 0.2) is 24.3 Å². The zero-order valence-corrected chi connectivity index (χ0v) is 8.89. The Morgan fingerprint density at radius 2 is 1.14 bits per heavy atom. The van der Waals surface area contributed by atoms with E-state index in [9.17, 15) is 0 Å². The zero-order valence-electron chi connectivity index (χ0n) is 8.89. The number of benzene rings is 2. The van der Waals surface area contributed by atoms with E-state index in [0.717, 1.165) is 5.69 Å². The molecule has 0 atom stereocenters. The Bertz CT molecular complexity index is 409. The number of anilines is 1. The Morgan fingerprint density at radius 3 is 1.64 bits per heavy atom. The fourth-order valence-electron chi connectivity index (χ4n) is 2.07. The summed E-state index contributed by atoms with van der Waals surface area (Å²) < 4.78 is 0. The van der Waals surface area contributed by atoms with Gasteiger partial charge in [-0.15, -0.1) is 0 Å². The molecule has 2 aromatic rings. The molecule has 14 heavy (non-hydrogen) atoms. The first-order chi connectivity index (χ1) is 6.61. The molecule has 2 rings (SSSR count). The maximum atomic E-state index is 5.99. The average Bonchev–Trinajstić information content (AvgIpc) is 2.16. The largest absolute Gasteiger partial charge is 0.398 e. The second-order valence-corrected chi connectivity index (χ2v) is 3.92. The molecule has 2 N–H and O–H groups in total. The van der Waals surface area contributed by atoms with Crippen molar-refractivity contribution in [2.75, 3.05) is 5.73 Å². The Hall–Kier alpha value is -1.50. The normalized spacial score (nSPS) is 10.8. The molecular formula is C13H15N. The molecule has 0 fully saturated rings. The van der Waals surface area contributed by atoms with E-state index in [-0.39, 0.29) is 0 Å². The number of nitrogens with two attached hydrogens (primary N) is 1. The zero-order chi connectivity index (χ0) is 10.3. The van der Waals surface area contributed by atoms with Gasteiger partial charge < -0.3 is 5.73 Å². The molecule has 1 nitrogen and oxygen atoms in total. The molecular weight excluding hydrogens is 170 g/mol. The van der Waals surface area contributed by atoms with E-state index in [0.29, 0.717) is 0 Å². The molecule has 0 radical (unpaired) electrons. The van der Waals surface area contributed by atoms with E-state index in [1.807, 2.05) is 6.07 Å². The van der Waals surface area contributed by atoms with Gasteiger partial charge in [0.2, 0.25) is 0 Å². The van der Waals surface area contributed by atoms with Crippen LogP contribution >= 0.6 is 0 Å². The van der Waals surface area contributed by atoms with Crippen LogP contribution in [0.4, 0.5) is 5.69 Å². The summed E-state index contributed by atoms with van der Waals surface area (Å²) in [6.07, 6.45) is 0. The Morgan fingerprint density at radius 1 is 0.714 bits per heavy atom. The number of hydrogen-bond acceptors (Lipinski definition) is 1. The number of rotatable bonds is 0. The van der Waals surface area contributed by atoms with E-state index in [4.69, 9.17) is 5.73 Å². The lowest BCUT2D eigenvalue weighted by Gasteiger charge is -2.10. The summed E-state index contributed by atoms with van der Waals surface area (Å²) in [5, 5.41) is 2.52. The van der Waals surface area contributed by atoms with Crippen LogP contribution in [0.1, 0.15) is 16.7 Å². The summed E-state index contributed by atoms with van der Waals surface area (Å²) in [5.41, 5.74) is 10.7. The second-order valence-electron chi connectivity index (χ2n) is 3.92. The van der Waals surface area contributed by atoms with Crippen molar-refractivity contribution in [1.29, 1.82) is 0 Å². The lowest BCUT2D eigenvalue weighted by molar-refractivity contribution is 1.42. The first kappa shape index (κ1) is 9.07. The minimum atomic E-state index is 0.881. The predicted molar refractivity (Wildman–Crippen MR) is 62.6 cm³/mol. The smallest absolute Gasteiger partial charge is 0.0396 e. The highest BCUT2D eigenvalue weighted by Gasteiger charge is 2.05. The van der Waals surface area contributed by atoms with Gasteiger partial charge in [0.25, 0.3) is 0 Å². The molecule has 0 heterocycles. The van der Waals surface area contributed by atoms with Crippen LogP contribution in [0.3, 0.4) is 0 Å².